The third-order valence-corrected chi connectivity index (χ3v) is 3.61. The van der Waals surface area contributed by atoms with E-state index in [1.807, 2.05) is 18.0 Å². The quantitative estimate of drug-likeness (QED) is 0.584. The van der Waals surface area contributed by atoms with E-state index in [0.717, 1.165) is 0 Å². The van der Waals surface area contributed by atoms with Crippen LogP contribution in [0, 0.1) is 0 Å². The summed E-state index contributed by atoms with van der Waals surface area (Å²) in [7, 11) is 0. The first-order valence-electron chi connectivity index (χ1n) is 5.75. The summed E-state index contributed by atoms with van der Waals surface area (Å²) in [6.45, 7) is 0. The predicted molar refractivity (Wildman–Crippen MR) is 70.9 cm³/mol. The van der Waals surface area contributed by atoms with Crippen LogP contribution in [0.3, 0.4) is 0 Å². The predicted octanol–water partition coefficient (Wildman–Crippen LogP) is 4.13. The van der Waals surface area contributed by atoms with Gasteiger partial charge in [0.25, 0.3) is 0 Å². The highest BCUT2D eigenvalue weighted by molar-refractivity contribution is 7.99. The molecule has 0 fully saturated rings. The van der Waals surface area contributed by atoms with Crippen LogP contribution in [0.4, 0.5) is 0 Å². The van der Waals surface area contributed by atoms with Crippen molar-refractivity contribution in [3.8, 4) is 0 Å². The number of benzene rings is 1. The Balaban J connectivity index is 1.59. The minimum Gasteiger partial charge on any atom is -0.365 e. The molecule has 0 bridgehead atoms. The van der Waals surface area contributed by atoms with Crippen molar-refractivity contribution in [1.29, 1.82) is 0 Å². The molecule has 16 heavy (non-hydrogen) atoms. The number of hydrogen-bond donors (Lipinski definition) is 1. The second-order valence-electron chi connectivity index (χ2n) is 3.81. The summed E-state index contributed by atoms with van der Waals surface area (Å²) in [6, 6.07) is 14.8. The molecule has 1 heterocycles. The highest BCUT2D eigenvalue weighted by Crippen LogP contribution is 2.18. The van der Waals surface area contributed by atoms with Crippen molar-refractivity contribution >= 4 is 11.8 Å². The van der Waals surface area contributed by atoms with Gasteiger partial charge in [0.1, 0.15) is 0 Å². The highest BCUT2D eigenvalue weighted by atomic mass is 32.2. The van der Waals surface area contributed by atoms with Gasteiger partial charge >= 0.3 is 0 Å². The molecule has 0 amide bonds. The second-order valence-corrected chi connectivity index (χ2v) is 4.98. The fraction of sp³-hybridized carbons (Fsp3) is 0.286. The van der Waals surface area contributed by atoms with E-state index in [0.29, 0.717) is 0 Å². The van der Waals surface area contributed by atoms with Gasteiger partial charge in [-0.3, -0.25) is 0 Å². The minimum absolute atomic E-state index is 1.17. The van der Waals surface area contributed by atoms with Crippen LogP contribution in [0.5, 0.6) is 0 Å². The van der Waals surface area contributed by atoms with Crippen molar-refractivity contribution in [3.63, 3.8) is 0 Å². The van der Waals surface area contributed by atoms with Gasteiger partial charge in [0.15, 0.2) is 0 Å². The van der Waals surface area contributed by atoms with E-state index in [-0.39, 0.29) is 0 Å². The number of aromatic amines is 1. The minimum atomic E-state index is 1.17. The summed E-state index contributed by atoms with van der Waals surface area (Å²) in [5.41, 5.74) is 1.35. The molecule has 0 aliphatic rings. The van der Waals surface area contributed by atoms with E-state index in [2.05, 4.69) is 47.4 Å². The Hall–Kier alpha value is -1.15. The van der Waals surface area contributed by atoms with Gasteiger partial charge in [-0.15, -0.1) is 11.8 Å². The summed E-state index contributed by atoms with van der Waals surface area (Å²) < 4.78 is 0. The first-order chi connectivity index (χ1) is 7.95. The molecule has 0 aliphatic heterocycles. The number of H-pyrrole nitrogens is 1. The standard InChI is InChI=1S/C14H17NS/c1-2-9-14(10-3-1)16-12-5-4-7-13-8-6-11-15-13/h1-3,6,8-11,15H,4-5,7,12H2. The van der Waals surface area contributed by atoms with Crippen LogP contribution in [0.2, 0.25) is 0 Å². The van der Waals surface area contributed by atoms with E-state index in [4.69, 9.17) is 0 Å². The third-order valence-electron chi connectivity index (χ3n) is 2.51. The van der Waals surface area contributed by atoms with E-state index in [1.54, 1.807) is 0 Å². The van der Waals surface area contributed by atoms with Gasteiger partial charge in [-0.1, -0.05) is 18.2 Å². The molecule has 0 saturated heterocycles. The summed E-state index contributed by atoms with van der Waals surface area (Å²) in [5, 5.41) is 0. The molecule has 0 aliphatic carbocycles. The number of aromatic nitrogens is 1. The van der Waals surface area contributed by atoms with Crippen molar-refractivity contribution in [2.45, 2.75) is 24.2 Å². The summed E-state index contributed by atoms with van der Waals surface area (Å²) in [6.07, 6.45) is 5.70. The number of nitrogens with one attached hydrogen (secondary N) is 1. The summed E-state index contributed by atoms with van der Waals surface area (Å²) >= 11 is 1.95. The highest BCUT2D eigenvalue weighted by Gasteiger charge is 1.95. The van der Waals surface area contributed by atoms with Gasteiger partial charge in [0.05, 0.1) is 0 Å². The number of rotatable bonds is 6. The average Bonchev–Trinajstić information content (AvgIpc) is 2.83. The molecule has 1 nitrogen and oxygen atoms in total. The Morgan fingerprint density at radius 2 is 1.81 bits per heavy atom. The summed E-state index contributed by atoms with van der Waals surface area (Å²) in [4.78, 5) is 4.62. The zero-order chi connectivity index (χ0) is 11.1. The molecule has 2 rings (SSSR count). The van der Waals surface area contributed by atoms with E-state index in [9.17, 15) is 0 Å². The maximum Gasteiger partial charge on any atom is 0.0147 e. The van der Waals surface area contributed by atoms with Crippen LogP contribution in [0.1, 0.15) is 18.5 Å². The Kier molecular flexibility index (Phi) is 4.56. The van der Waals surface area contributed by atoms with Crippen molar-refractivity contribution in [2.24, 2.45) is 0 Å². The molecule has 0 saturated carbocycles. The van der Waals surface area contributed by atoms with E-state index >= 15 is 0 Å². The van der Waals surface area contributed by atoms with Crippen LogP contribution in [0.25, 0.3) is 0 Å². The number of hydrogen-bond acceptors (Lipinski definition) is 1. The van der Waals surface area contributed by atoms with Crippen molar-refractivity contribution in [2.75, 3.05) is 5.75 Å². The largest absolute Gasteiger partial charge is 0.365 e. The fourth-order valence-corrected chi connectivity index (χ4v) is 2.58. The zero-order valence-electron chi connectivity index (χ0n) is 9.36. The lowest BCUT2D eigenvalue weighted by atomic mass is 10.2. The van der Waals surface area contributed by atoms with E-state index in [1.165, 1.54) is 35.6 Å². The van der Waals surface area contributed by atoms with Crippen molar-refractivity contribution in [3.05, 3.63) is 54.4 Å². The molecule has 1 aromatic heterocycles. The smallest absolute Gasteiger partial charge is 0.0147 e. The summed E-state index contributed by atoms with van der Waals surface area (Å²) in [5.74, 6) is 1.21. The van der Waals surface area contributed by atoms with E-state index < -0.39 is 0 Å². The van der Waals surface area contributed by atoms with Gasteiger partial charge in [0.2, 0.25) is 0 Å². The molecule has 1 N–H and O–H groups in total. The molecular formula is C14H17NS. The van der Waals surface area contributed by atoms with Gasteiger partial charge in [-0.05, 0) is 49.3 Å². The molecule has 1 aromatic carbocycles. The molecular weight excluding hydrogens is 214 g/mol. The molecule has 0 atom stereocenters. The number of unbranched alkanes of at least 4 members (excludes halogenated alkanes) is 1. The first-order valence-corrected chi connectivity index (χ1v) is 6.74. The fourth-order valence-electron chi connectivity index (χ4n) is 1.65. The monoisotopic (exact) mass is 231 g/mol. The van der Waals surface area contributed by atoms with Crippen molar-refractivity contribution in [1.82, 2.24) is 4.98 Å². The zero-order valence-corrected chi connectivity index (χ0v) is 10.2. The Morgan fingerprint density at radius 3 is 2.56 bits per heavy atom. The van der Waals surface area contributed by atoms with Crippen LogP contribution in [-0.2, 0) is 6.42 Å². The van der Waals surface area contributed by atoms with Gasteiger partial charge < -0.3 is 4.98 Å². The lowest BCUT2D eigenvalue weighted by molar-refractivity contribution is 0.788. The van der Waals surface area contributed by atoms with Crippen LogP contribution >= 0.6 is 11.8 Å². The molecule has 0 spiro atoms. The lowest BCUT2D eigenvalue weighted by Crippen LogP contribution is -1.87. The number of aryl methyl sites for hydroxylation is 1. The topological polar surface area (TPSA) is 15.8 Å². The van der Waals surface area contributed by atoms with Crippen LogP contribution in [-0.4, -0.2) is 10.7 Å². The maximum absolute atomic E-state index is 3.24. The van der Waals surface area contributed by atoms with Crippen molar-refractivity contribution < 1.29 is 0 Å². The second kappa shape index (κ2) is 6.44. The number of thioether (sulfide) groups is 1. The average molecular weight is 231 g/mol. The molecule has 84 valence electrons. The lowest BCUT2D eigenvalue weighted by Gasteiger charge is -2.01. The first kappa shape index (κ1) is 11.3. The van der Waals surface area contributed by atoms with Crippen LogP contribution in [0.15, 0.2) is 53.6 Å². The Labute approximate surface area is 101 Å². The van der Waals surface area contributed by atoms with Gasteiger partial charge in [-0.2, -0.15) is 0 Å². The normalized spacial score (nSPS) is 10.5. The Morgan fingerprint density at radius 1 is 0.938 bits per heavy atom. The Bertz CT molecular complexity index is 380. The maximum atomic E-state index is 3.24. The molecule has 0 unspecified atom stereocenters. The van der Waals surface area contributed by atoms with Gasteiger partial charge in [0, 0.05) is 16.8 Å². The SMILES string of the molecule is c1ccc(SCCCCc2ccc[nH]2)cc1. The molecule has 0 radical (unpaired) electrons. The van der Waals surface area contributed by atoms with Gasteiger partial charge in [-0.25, -0.2) is 0 Å². The molecule has 2 heteroatoms. The molecule has 2 aromatic rings. The van der Waals surface area contributed by atoms with Crippen LogP contribution < -0.4 is 0 Å². The third kappa shape index (κ3) is 3.78.